The molecule has 1 heterocycles. The Bertz CT molecular complexity index is 639. The highest BCUT2D eigenvalue weighted by Crippen LogP contribution is 2.19. The van der Waals surface area contributed by atoms with Crippen LogP contribution in [0.4, 0.5) is 5.82 Å². The van der Waals surface area contributed by atoms with E-state index in [1.54, 1.807) is 12.4 Å². The number of aromatic nitrogens is 2. The van der Waals surface area contributed by atoms with Crippen LogP contribution in [0, 0.1) is 0 Å². The molecular formula is C18H17N3O. The predicted octanol–water partition coefficient (Wildman–Crippen LogP) is 3.67. The summed E-state index contributed by atoms with van der Waals surface area (Å²) in [6, 6.07) is 20.2. The summed E-state index contributed by atoms with van der Waals surface area (Å²) in [6.45, 7) is 1.15. The topological polar surface area (TPSA) is 47.0 Å². The number of nitrogens with zero attached hydrogens (tertiary/aromatic N) is 2. The molecule has 0 aliphatic heterocycles. The van der Waals surface area contributed by atoms with Crippen LogP contribution in [0.5, 0.6) is 5.88 Å². The lowest BCUT2D eigenvalue weighted by molar-refractivity contribution is 0.294. The molecular weight excluding hydrogens is 274 g/mol. The molecule has 0 bridgehead atoms. The fourth-order valence-electron chi connectivity index (χ4n) is 2.06. The molecule has 3 rings (SSSR count). The molecule has 0 aliphatic rings. The summed E-state index contributed by atoms with van der Waals surface area (Å²) in [4.78, 5) is 8.57. The van der Waals surface area contributed by atoms with Crippen molar-refractivity contribution in [1.82, 2.24) is 9.97 Å². The van der Waals surface area contributed by atoms with Gasteiger partial charge in [-0.25, -0.2) is 9.97 Å². The van der Waals surface area contributed by atoms with Crippen molar-refractivity contribution in [2.24, 2.45) is 0 Å². The quantitative estimate of drug-likeness (QED) is 0.753. The van der Waals surface area contributed by atoms with Crippen LogP contribution in [0.1, 0.15) is 11.1 Å². The summed E-state index contributed by atoms with van der Waals surface area (Å²) < 4.78 is 5.78. The van der Waals surface area contributed by atoms with Gasteiger partial charge in [-0.15, -0.1) is 0 Å². The van der Waals surface area contributed by atoms with Crippen LogP contribution in [-0.4, -0.2) is 9.97 Å². The summed E-state index contributed by atoms with van der Waals surface area (Å²) in [5.41, 5.74) is 2.28. The van der Waals surface area contributed by atoms with E-state index in [1.165, 1.54) is 5.56 Å². The van der Waals surface area contributed by atoms with Gasteiger partial charge < -0.3 is 10.1 Å². The molecule has 0 unspecified atom stereocenters. The van der Waals surface area contributed by atoms with Gasteiger partial charge in [-0.05, 0) is 11.1 Å². The zero-order valence-corrected chi connectivity index (χ0v) is 12.1. The van der Waals surface area contributed by atoms with Crippen molar-refractivity contribution in [3.63, 3.8) is 0 Å². The summed E-state index contributed by atoms with van der Waals surface area (Å²) in [5, 5.41) is 3.27. The predicted molar refractivity (Wildman–Crippen MR) is 86.6 cm³/mol. The first-order valence-electron chi connectivity index (χ1n) is 7.17. The average Bonchev–Trinajstić information content (AvgIpc) is 2.61. The molecule has 110 valence electrons. The van der Waals surface area contributed by atoms with Gasteiger partial charge in [-0.2, -0.15) is 0 Å². The molecule has 0 fully saturated rings. The van der Waals surface area contributed by atoms with Gasteiger partial charge >= 0.3 is 0 Å². The van der Waals surface area contributed by atoms with Gasteiger partial charge in [0.2, 0.25) is 0 Å². The Morgan fingerprint density at radius 1 is 0.773 bits per heavy atom. The van der Waals surface area contributed by atoms with Crippen molar-refractivity contribution in [1.29, 1.82) is 0 Å². The SMILES string of the molecule is c1ccc(CNc2nccnc2OCc2ccccc2)cc1. The molecule has 0 aliphatic carbocycles. The Balaban J connectivity index is 1.65. The third kappa shape index (κ3) is 3.82. The van der Waals surface area contributed by atoms with Gasteiger partial charge in [0.25, 0.3) is 5.88 Å². The van der Waals surface area contributed by atoms with Gasteiger partial charge in [0.15, 0.2) is 5.82 Å². The number of rotatable bonds is 6. The Hall–Kier alpha value is -2.88. The molecule has 0 spiro atoms. The minimum Gasteiger partial charge on any atom is -0.470 e. The van der Waals surface area contributed by atoms with E-state index >= 15 is 0 Å². The van der Waals surface area contributed by atoms with E-state index in [4.69, 9.17) is 4.74 Å². The fourth-order valence-corrected chi connectivity index (χ4v) is 2.06. The van der Waals surface area contributed by atoms with Gasteiger partial charge in [0.1, 0.15) is 6.61 Å². The smallest absolute Gasteiger partial charge is 0.257 e. The lowest BCUT2D eigenvalue weighted by Crippen LogP contribution is -2.06. The van der Waals surface area contributed by atoms with Crippen molar-refractivity contribution in [2.75, 3.05) is 5.32 Å². The first kappa shape index (κ1) is 14.1. The van der Waals surface area contributed by atoms with Crippen LogP contribution < -0.4 is 10.1 Å². The van der Waals surface area contributed by atoms with E-state index in [-0.39, 0.29) is 0 Å². The van der Waals surface area contributed by atoms with Crippen molar-refractivity contribution >= 4 is 5.82 Å². The summed E-state index contributed by atoms with van der Waals surface area (Å²) in [5.74, 6) is 1.17. The molecule has 0 atom stereocenters. The molecule has 3 aromatic rings. The third-order valence-corrected chi connectivity index (χ3v) is 3.19. The molecule has 22 heavy (non-hydrogen) atoms. The maximum Gasteiger partial charge on any atom is 0.257 e. The molecule has 1 aromatic heterocycles. The molecule has 0 radical (unpaired) electrons. The number of hydrogen-bond donors (Lipinski definition) is 1. The zero-order chi connectivity index (χ0) is 15.0. The van der Waals surface area contributed by atoms with Crippen molar-refractivity contribution in [3.05, 3.63) is 84.2 Å². The van der Waals surface area contributed by atoms with Gasteiger partial charge in [-0.1, -0.05) is 60.7 Å². The number of benzene rings is 2. The van der Waals surface area contributed by atoms with E-state index in [1.807, 2.05) is 48.5 Å². The molecule has 0 saturated heterocycles. The van der Waals surface area contributed by atoms with Crippen molar-refractivity contribution in [2.45, 2.75) is 13.2 Å². The number of nitrogens with one attached hydrogen (secondary N) is 1. The fraction of sp³-hybridized carbons (Fsp3) is 0.111. The third-order valence-electron chi connectivity index (χ3n) is 3.19. The Labute approximate surface area is 129 Å². The number of ether oxygens (including phenoxy) is 1. The van der Waals surface area contributed by atoms with Crippen LogP contribution in [0.25, 0.3) is 0 Å². The number of anilines is 1. The van der Waals surface area contributed by atoms with Crippen LogP contribution in [0.3, 0.4) is 0 Å². The summed E-state index contributed by atoms with van der Waals surface area (Å²) in [7, 11) is 0. The van der Waals surface area contributed by atoms with Crippen LogP contribution in [0.15, 0.2) is 73.1 Å². The van der Waals surface area contributed by atoms with E-state index in [0.717, 1.165) is 5.56 Å². The molecule has 2 aromatic carbocycles. The normalized spacial score (nSPS) is 10.2. The Morgan fingerprint density at radius 3 is 2.14 bits per heavy atom. The van der Waals surface area contributed by atoms with E-state index in [0.29, 0.717) is 24.8 Å². The minimum atomic E-state index is 0.472. The van der Waals surface area contributed by atoms with Crippen LogP contribution in [-0.2, 0) is 13.2 Å². The molecule has 1 N–H and O–H groups in total. The number of hydrogen-bond acceptors (Lipinski definition) is 4. The minimum absolute atomic E-state index is 0.472. The molecule has 4 heteroatoms. The molecule has 0 amide bonds. The summed E-state index contributed by atoms with van der Waals surface area (Å²) >= 11 is 0. The Kier molecular flexibility index (Phi) is 4.62. The Morgan fingerprint density at radius 2 is 1.41 bits per heavy atom. The van der Waals surface area contributed by atoms with Crippen LogP contribution in [0.2, 0.25) is 0 Å². The monoisotopic (exact) mass is 291 g/mol. The maximum atomic E-state index is 5.78. The average molecular weight is 291 g/mol. The first-order chi connectivity index (χ1) is 10.9. The van der Waals surface area contributed by atoms with E-state index in [9.17, 15) is 0 Å². The lowest BCUT2D eigenvalue weighted by atomic mass is 10.2. The van der Waals surface area contributed by atoms with Crippen molar-refractivity contribution in [3.8, 4) is 5.88 Å². The largest absolute Gasteiger partial charge is 0.470 e. The van der Waals surface area contributed by atoms with Gasteiger partial charge in [0, 0.05) is 18.9 Å². The second-order valence-electron chi connectivity index (χ2n) is 4.82. The second kappa shape index (κ2) is 7.22. The first-order valence-corrected chi connectivity index (χ1v) is 7.17. The maximum absolute atomic E-state index is 5.78. The lowest BCUT2D eigenvalue weighted by Gasteiger charge is -2.11. The highest BCUT2D eigenvalue weighted by Gasteiger charge is 2.06. The van der Waals surface area contributed by atoms with Gasteiger partial charge in [0.05, 0.1) is 0 Å². The second-order valence-corrected chi connectivity index (χ2v) is 4.82. The summed E-state index contributed by atoms with van der Waals surface area (Å²) in [6.07, 6.45) is 3.29. The van der Waals surface area contributed by atoms with Crippen molar-refractivity contribution < 1.29 is 4.74 Å². The highest BCUT2D eigenvalue weighted by atomic mass is 16.5. The molecule has 4 nitrogen and oxygen atoms in total. The standard InChI is InChI=1S/C18H17N3O/c1-3-7-15(8-4-1)13-21-17-18(20-12-11-19-17)22-14-16-9-5-2-6-10-16/h1-12H,13-14H2,(H,19,21). The van der Waals surface area contributed by atoms with Gasteiger partial charge in [-0.3, -0.25) is 0 Å². The van der Waals surface area contributed by atoms with Crippen LogP contribution >= 0.6 is 0 Å². The highest BCUT2D eigenvalue weighted by molar-refractivity contribution is 5.45. The van der Waals surface area contributed by atoms with E-state index in [2.05, 4.69) is 27.4 Å². The van der Waals surface area contributed by atoms with E-state index < -0.39 is 0 Å². The molecule has 0 saturated carbocycles. The zero-order valence-electron chi connectivity index (χ0n) is 12.1.